The minimum Gasteiger partial charge on any atom is -0.372 e. The number of morpholine rings is 1. The van der Waals surface area contributed by atoms with Gasteiger partial charge < -0.3 is 14.5 Å². The summed E-state index contributed by atoms with van der Waals surface area (Å²) in [4.78, 5) is 4.94. The third-order valence-corrected chi connectivity index (χ3v) is 7.00. The van der Waals surface area contributed by atoms with Gasteiger partial charge in [-0.25, -0.2) is 0 Å². The third kappa shape index (κ3) is 3.34. The van der Waals surface area contributed by atoms with Crippen molar-refractivity contribution in [3.8, 4) is 0 Å². The molecule has 2 aliphatic rings. The Morgan fingerprint density at radius 2 is 1.79 bits per heavy atom. The van der Waals surface area contributed by atoms with Gasteiger partial charge in [0.05, 0.1) is 12.2 Å². The van der Waals surface area contributed by atoms with Crippen LogP contribution in [0, 0.1) is 0 Å². The standard InChI is InChI=1S/C24H28N2OS/c1-16-12-26(13-17(2)27-16)21-5-6-22-20(11-21)14-25(3)15-23(22)18-4-7-24-19(10-18)8-9-28-24/h4-11,16-17,23H,12-15H2,1-3H3. The molecule has 1 saturated heterocycles. The van der Waals surface area contributed by atoms with E-state index in [-0.39, 0.29) is 12.2 Å². The van der Waals surface area contributed by atoms with Crippen molar-refractivity contribution in [1.82, 2.24) is 4.90 Å². The molecular formula is C24H28N2OS. The van der Waals surface area contributed by atoms with Crippen LogP contribution in [0.1, 0.15) is 36.5 Å². The molecular weight excluding hydrogens is 364 g/mol. The first-order valence-corrected chi connectivity index (χ1v) is 11.1. The molecule has 0 spiro atoms. The molecule has 1 aromatic heterocycles. The highest BCUT2D eigenvalue weighted by atomic mass is 32.1. The lowest BCUT2D eigenvalue weighted by Gasteiger charge is -2.38. The average Bonchev–Trinajstić information content (AvgIpc) is 3.13. The molecule has 3 atom stereocenters. The van der Waals surface area contributed by atoms with E-state index >= 15 is 0 Å². The molecule has 0 amide bonds. The third-order valence-electron chi connectivity index (χ3n) is 6.10. The number of ether oxygens (including phenoxy) is 1. The Labute approximate surface area is 171 Å². The van der Waals surface area contributed by atoms with E-state index in [0.717, 1.165) is 26.2 Å². The van der Waals surface area contributed by atoms with Gasteiger partial charge >= 0.3 is 0 Å². The van der Waals surface area contributed by atoms with Crippen LogP contribution in [-0.2, 0) is 11.3 Å². The second-order valence-electron chi connectivity index (χ2n) is 8.51. The number of likely N-dealkylation sites (N-methyl/N-ethyl adjacent to an activating group) is 1. The minimum absolute atomic E-state index is 0.285. The van der Waals surface area contributed by atoms with Crippen LogP contribution >= 0.6 is 11.3 Å². The maximum absolute atomic E-state index is 5.92. The van der Waals surface area contributed by atoms with Crippen molar-refractivity contribution < 1.29 is 4.74 Å². The molecule has 3 nitrogen and oxygen atoms in total. The highest BCUT2D eigenvalue weighted by Gasteiger charge is 2.27. The van der Waals surface area contributed by atoms with E-state index in [9.17, 15) is 0 Å². The van der Waals surface area contributed by atoms with Gasteiger partial charge in [0.1, 0.15) is 0 Å². The summed E-state index contributed by atoms with van der Waals surface area (Å²) in [7, 11) is 2.24. The summed E-state index contributed by atoms with van der Waals surface area (Å²) in [5.74, 6) is 0.439. The van der Waals surface area contributed by atoms with Gasteiger partial charge in [-0.2, -0.15) is 0 Å². The van der Waals surface area contributed by atoms with Crippen molar-refractivity contribution in [2.45, 2.75) is 38.5 Å². The van der Waals surface area contributed by atoms with Crippen LogP contribution in [0.25, 0.3) is 10.1 Å². The average molecular weight is 393 g/mol. The Morgan fingerprint density at radius 1 is 0.964 bits per heavy atom. The van der Waals surface area contributed by atoms with E-state index in [1.807, 2.05) is 11.3 Å². The fourth-order valence-corrected chi connectivity index (χ4v) is 5.68. The molecule has 0 aliphatic carbocycles. The summed E-state index contributed by atoms with van der Waals surface area (Å²) < 4.78 is 7.30. The molecule has 0 saturated carbocycles. The zero-order valence-corrected chi connectivity index (χ0v) is 17.7. The SMILES string of the molecule is CC1CN(c2ccc3c(c2)CN(C)CC3c2ccc3sccc3c2)CC(C)O1. The number of fused-ring (bicyclic) bond motifs is 2. The maximum Gasteiger partial charge on any atom is 0.0726 e. The highest BCUT2D eigenvalue weighted by Crippen LogP contribution is 2.37. The van der Waals surface area contributed by atoms with Crippen LogP contribution in [0.4, 0.5) is 5.69 Å². The first-order chi connectivity index (χ1) is 13.6. The van der Waals surface area contributed by atoms with E-state index in [0.29, 0.717) is 5.92 Å². The number of nitrogens with zero attached hydrogens (tertiary/aromatic N) is 2. The van der Waals surface area contributed by atoms with Crippen molar-refractivity contribution in [2.75, 3.05) is 31.6 Å². The lowest BCUT2D eigenvalue weighted by molar-refractivity contribution is -0.00522. The normalized spacial score (nSPS) is 25.8. The van der Waals surface area contributed by atoms with Crippen LogP contribution in [-0.4, -0.2) is 43.8 Å². The summed E-state index contributed by atoms with van der Waals surface area (Å²) in [6.45, 7) is 8.38. The van der Waals surface area contributed by atoms with E-state index in [4.69, 9.17) is 4.74 Å². The van der Waals surface area contributed by atoms with Crippen LogP contribution in [0.2, 0.25) is 0 Å². The number of hydrogen-bond donors (Lipinski definition) is 0. The quantitative estimate of drug-likeness (QED) is 0.604. The Kier molecular flexibility index (Phi) is 4.66. The van der Waals surface area contributed by atoms with Crippen molar-refractivity contribution in [3.05, 3.63) is 64.5 Å². The van der Waals surface area contributed by atoms with Crippen LogP contribution < -0.4 is 4.90 Å². The van der Waals surface area contributed by atoms with Crippen LogP contribution in [0.3, 0.4) is 0 Å². The molecule has 0 N–H and O–H groups in total. The van der Waals surface area contributed by atoms with Crippen molar-refractivity contribution in [3.63, 3.8) is 0 Å². The summed E-state index contributed by atoms with van der Waals surface area (Å²) in [5, 5.41) is 3.55. The number of benzene rings is 2. The zero-order valence-electron chi connectivity index (χ0n) is 16.9. The van der Waals surface area contributed by atoms with Crippen molar-refractivity contribution in [1.29, 1.82) is 0 Å². The lowest BCUT2D eigenvalue weighted by Crippen LogP contribution is -2.45. The van der Waals surface area contributed by atoms with Gasteiger partial charge in [-0.3, -0.25) is 0 Å². The predicted octanol–water partition coefficient (Wildman–Crippen LogP) is 5.09. The monoisotopic (exact) mass is 392 g/mol. The van der Waals surface area contributed by atoms with Crippen LogP contribution in [0.5, 0.6) is 0 Å². The molecule has 3 heterocycles. The van der Waals surface area contributed by atoms with Crippen molar-refractivity contribution in [2.24, 2.45) is 0 Å². The molecule has 146 valence electrons. The molecule has 2 aromatic carbocycles. The molecule has 0 radical (unpaired) electrons. The summed E-state index contributed by atoms with van der Waals surface area (Å²) in [6.07, 6.45) is 0.570. The van der Waals surface area contributed by atoms with Gasteiger partial charge in [-0.05, 0) is 78.7 Å². The van der Waals surface area contributed by atoms with E-state index in [1.54, 1.807) is 0 Å². The largest absolute Gasteiger partial charge is 0.372 e. The summed E-state index contributed by atoms with van der Waals surface area (Å²) >= 11 is 1.82. The molecule has 3 unspecified atom stereocenters. The molecule has 28 heavy (non-hydrogen) atoms. The fourth-order valence-electron chi connectivity index (χ4n) is 4.91. The predicted molar refractivity (Wildman–Crippen MR) is 119 cm³/mol. The van der Waals surface area contributed by atoms with Crippen LogP contribution in [0.15, 0.2) is 47.8 Å². The second kappa shape index (κ2) is 7.18. The number of hydrogen-bond acceptors (Lipinski definition) is 4. The fraction of sp³-hybridized carbons (Fsp3) is 0.417. The highest BCUT2D eigenvalue weighted by molar-refractivity contribution is 7.17. The van der Waals surface area contributed by atoms with Gasteiger partial charge in [-0.15, -0.1) is 11.3 Å². The molecule has 4 heteroatoms. The molecule has 1 fully saturated rings. The van der Waals surface area contributed by atoms with Gasteiger partial charge in [0, 0.05) is 42.5 Å². The van der Waals surface area contributed by atoms with Crippen molar-refractivity contribution >= 4 is 27.1 Å². The summed E-state index contributed by atoms with van der Waals surface area (Å²) in [6, 6.07) is 16.4. The maximum atomic E-state index is 5.92. The van der Waals surface area contributed by atoms with E-state index < -0.39 is 0 Å². The molecule has 3 aromatic rings. The number of thiophene rings is 1. The van der Waals surface area contributed by atoms with E-state index in [1.165, 1.54) is 32.5 Å². The summed E-state index contributed by atoms with van der Waals surface area (Å²) in [5.41, 5.74) is 5.72. The zero-order chi connectivity index (χ0) is 19.3. The van der Waals surface area contributed by atoms with Gasteiger partial charge in [0.25, 0.3) is 0 Å². The Balaban J connectivity index is 1.50. The minimum atomic E-state index is 0.285. The Morgan fingerprint density at radius 3 is 2.61 bits per heavy atom. The number of rotatable bonds is 2. The first kappa shape index (κ1) is 18.2. The van der Waals surface area contributed by atoms with Gasteiger partial charge in [0.2, 0.25) is 0 Å². The molecule has 5 rings (SSSR count). The molecule has 0 bridgehead atoms. The Hall–Kier alpha value is -1.88. The number of anilines is 1. The van der Waals surface area contributed by atoms with E-state index in [2.05, 4.69) is 78.5 Å². The van der Waals surface area contributed by atoms with Gasteiger partial charge in [0.15, 0.2) is 0 Å². The first-order valence-electron chi connectivity index (χ1n) is 10.3. The smallest absolute Gasteiger partial charge is 0.0726 e. The Bertz CT molecular complexity index is 987. The lowest BCUT2D eigenvalue weighted by atomic mass is 9.84. The topological polar surface area (TPSA) is 15.7 Å². The second-order valence-corrected chi connectivity index (χ2v) is 9.46. The van der Waals surface area contributed by atoms with Gasteiger partial charge in [-0.1, -0.05) is 12.1 Å². The molecule has 2 aliphatic heterocycles.